The molecule has 1 heterocycles. The summed E-state index contributed by atoms with van der Waals surface area (Å²) in [7, 11) is 1.91. The number of nitrogens with one attached hydrogen (secondary N) is 1. The minimum Gasteiger partial charge on any atom is -0.319 e. The minimum atomic E-state index is 0.0913. The smallest absolute Gasteiger partial charge is 0.251 e. The second-order valence-electron chi connectivity index (χ2n) is 3.73. The van der Waals surface area contributed by atoms with Gasteiger partial charge in [-0.3, -0.25) is 4.79 Å². The van der Waals surface area contributed by atoms with E-state index in [2.05, 4.69) is 5.32 Å². The lowest BCUT2D eigenvalue weighted by molar-refractivity contribution is 0.576. The van der Waals surface area contributed by atoms with Gasteiger partial charge in [-0.2, -0.15) is 0 Å². The lowest BCUT2D eigenvalue weighted by atomic mass is 10.2. The van der Waals surface area contributed by atoms with Gasteiger partial charge in [-0.15, -0.1) is 0 Å². The lowest BCUT2D eigenvalue weighted by Gasteiger charge is -2.09. The predicted molar refractivity (Wildman–Crippen MR) is 58.7 cm³/mol. The van der Waals surface area contributed by atoms with Gasteiger partial charge in [0.2, 0.25) is 0 Å². The first-order valence-electron chi connectivity index (χ1n) is 5.01. The molecule has 3 nitrogen and oxygen atoms in total. The molecule has 0 aliphatic heterocycles. The highest BCUT2D eigenvalue weighted by Gasteiger charge is 2.00. The Hall–Kier alpha value is -1.09. The van der Waals surface area contributed by atoms with E-state index in [0.717, 1.165) is 18.5 Å². The van der Waals surface area contributed by atoms with Crippen LogP contribution in [0, 0.1) is 0 Å². The van der Waals surface area contributed by atoms with E-state index in [1.165, 1.54) is 0 Å². The fourth-order valence-corrected chi connectivity index (χ4v) is 1.38. The zero-order valence-corrected chi connectivity index (χ0v) is 9.08. The maximum Gasteiger partial charge on any atom is 0.251 e. The Morgan fingerprint density at radius 2 is 2.21 bits per heavy atom. The molecule has 0 radical (unpaired) electrons. The third kappa shape index (κ3) is 2.70. The molecular formula is C11H18N2O. The average Bonchev–Trinajstić information content (AvgIpc) is 2.14. The van der Waals surface area contributed by atoms with Crippen LogP contribution in [-0.4, -0.2) is 18.2 Å². The number of rotatable bonds is 4. The van der Waals surface area contributed by atoms with Crippen molar-refractivity contribution in [3.8, 4) is 0 Å². The van der Waals surface area contributed by atoms with Crippen LogP contribution in [0.4, 0.5) is 0 Å². The van der Waals surface area contributed by atoms with Crippen molar-refractivity contribution in [1.82, 2.24) is 9.88 Å². The summed E-state index contributed by atoms with van der Waals surface area (Å²) in [5.41, 5.74) is 1.19. The second kappa shape index (κ2) is 4.96. The molecule has 0 aliphatic carbocycles. The Bertz CT molecular complexity index is 341. The van der Waals surface area contributed by atoms with Gasteiger partial charge >= 0.3 is 0 Å². The Morgan fingerprint density at radius 1 is 1.50 bits per heavy atom. The van der Waals surface area contributed by atoms with Crippen molar-refractivity contribution in [1.29, 1.82) is 0 Å². The summed E-state index contributed by atoms with van der Waals surface area (Å²) >= 11 is 0. The van der Waals surface area contributed by atoms with Crippen LogP contribution >= 0.6 is 0 Å². The maximum atomic E-state index is 11.6. The summed E-state index contributed by atoms with van der Waals surface area (Å²) in [6.45, 7) is 4.93. The van der Waals surface area contributed by atoms with E-state index in [1.807, 2.05) is 33.2 Å². The lowest BCUT2D eigenvalue weighted by Crippen LogP contribution is -2.21. The number of aromatic nitrogens is 1. The standard InChI is InChI=1S/C11H18N2O/c1-9(2)13-7-5-10(4-6-12-3)8-11(13)14/h5,7-9,12H,4,6H2,1-3H3. The van der Waals surface area contributed by atoms with Crippen LogP contribution < -0.4 is 10.9 Å². The monoisotopic (exact) mass is 194 g/mol. The molecule has 0 bridgehead atoms. The largest absolute Gasteiger partial charge is 0.319 e. The van der Waals surface area contributed by atoms with Crippen LogP contribution in [0.5, 0.6) is 0 Å². The molecule has 0 aromatic carbocycles. The molecule has 0 fully saturated rings. The quantitative estimate of drug-likeness (QED) is 0.781. The van der Waals surface area contributed by atoms with Crippen LogP contribution in [0.25, 0.3) is 0 Å². The van der Waals surface area contributed by atoms with Gasteiger partial charge in [-0.05, 0) is 45.5 Å². The molecule has 1 rings (SSSR count). The highest BCUT2D eigenvalue weighted by molar-refractivity contribution is 5.11. The minimum absolute atomic E-state index is 0.0913. The van der Waals surface area contributed by atoms with Crippen LogP contribution in [0.3, 0.4) is 0 Å². The van der Waals surface area contributed by atoms with E-state index in [4.69, 9.17) is 0 Å². The van der Waals surface area contributed by atoms with Crippen LogP contribution in [0.15, 0.2) is 23.1 Å². The van der Waals surface area contributed by atoms with Crippen LogP contribution in [-0.2, 0) is 6.42 Å². The van der Waals surface area contributed by atoms with Gasteiger partial charge in [0.05, 0.1) is 0 Å². The van der Waals surface area contributed by atoms with E-state index in [9.17, 15) is 4.79 Å². The SMILES string of the molecule is CNCCc1ccn(C(C)C)c(=O)c1. The van der Waals surface area contributed by atoms with Crippen molar-refractivity contribution in [2.45, 2.75) is 26.3 Å². The van der Waals surface area contributed by atoms with Crippen LogP contribution in [0.2, 0.25) is 0 Å². The third-order valence-corrected chi connectivity index (χ3v) is 2.23. The molecule has 1 aromatic rings. The predicted octanol–water partition coefficient (Wildman–Crippen LogP) is 1.19. The fraction of sp³-hybridized carbons (Fsp3) is 0.545. The van der Waals surface area contributed by atoms with Gasteiger partial charge in [0.25, 0.3) is 5.56 Å². The van der Waals surface area contributed by atoms with Gasteiger partial charge in [-0.25, -0.2) is 0 Å². The molecule has 14 heavy (non-hydrogen) atoms. The van der Waals surface area contributed by atoms with E-state index in [-0.39, 0.29) is 11.6 Å². The number of nitrogens with zero attached hydrogens (tertiary/aromatic N) is 1. The summed E-state index contributed by atoms with van der Waals surface area (Å²) in [5, 5.41) is 3.06. The van der Waals surface area contributed by atoms with E-state index < -0.39 is 0 Å². The number of hydrogen-bond donors (Lipinski definition) is 1. The van der Waals surface area contributed by atoms with Crippen molar-refractivity contribution >= 4 is 0 Å². The summed E-state index contributed by atoms with van der Waals surface area (Å²) in [6.07, 6.45) is 2.78. The van der Waals surface area contributed by atoms with E-state index >= 15 is 0 Å². The van der Waals surface area contributed by atoms with Crippen molar-refractivity contribution in [2.75, 3.05) is 13.6 Å². The summed E-state index contributed by atoms with van der Waals surface area (Å²) in [6, 6.07) is 3.97. The Balaban J connectivity index is 2.84. The van der Waals surface area contributed by atoms with Gasteiger partial charge in [-0.1, -0.05) is 0 Å². The highest BCUT2D eigenvalue weighted by atomic mass is 16.1. The van der Waals surface area contributed by atoms with Gasteiger partial charge in [0.1, 0.15) is 0 Å². The molecule has 0 atom stereocenters. The molecular weight excluding hydrogens is 176 g/mol. The maximum absolute atomic E-state index is 11.6. The van der Waals surface area contributed by atoms with E-state index in [1.54, 1.807) is 10.6 Å². The first-order chi connectivity index (χ1) is 6.65. The van der Waals surface area contributed by atoms with Gasteiger partial charge in [0, 0.05) is 18.3 Å². The van der Waals surface area contributed by atoms with E-state index in [0.29, 0.717) is 0 Å². The topological polar surface area (TPSA) is 34.0 Å². The van der Waals surface area contributed by atoms with Gasteiger partial charge in [0.15, 0.2) is 0 Å². The third-order valence-electron chi connectivity index (χ3n) is 2.23. The van der Waals surface area contributed by atoms with Gasteiger partial charge < -0.3 is 9.88 Å². The molecule has 0 saturated carbocycles. The molecule has 0 spiro atoms. The molecule has 1 aromatic heterocycles. The fourth-order valence-electron chi connectivity index (χ4n) is 1.38. The zero-order valence-electron chi connectivity index (χ0n) is 9.08. The first-order valence-corrected chi connectivity index (χ1v) is 5.01. The van der Waals surface area contributed by atoms with Crippen molar-refractivity contribution in [3.05, 3.63) is 34.2 Å². The number of pyridine rings is 1. The number of likely N-dealkylation sites (N-methyl/N-ethyl adjacent to an activating group) is 1. The molecule has 0 unspecified atom stereocenters. The summed E-state index contributed by atoms with van der Waals surface area (Å²) < 4.78 is 1.74. The molecule has 0 aliphatic rings. The van der Waals surface area contributed by atoms with Crippen molar-refractivity contribution in [2.24, 2.45) is 0 Å². The Morgan fingerprint density at radius 3 is 2.71 bits per heavy atom. The normalized spacial score (nSPS) is 10.9. The number of hydrogen-bond acceptors (Lipinski definition) is 2. The molecule has 3 heteroatoms. The summed E-state index contributed by atoms with van der Waals surface area (Å²) in [5.74, 6) is 0. The zero-order chi connectivity index (χ0) is 10.6. The van der Waals surface area contributed by atoms with Crippen LogP contribution in [0.1, 0.15) is 25.5 Å². The molecule has 1 N–H and O–H groups in total. The molecule has 0 saturated heterocycles. The highest BCUT2D eigenvalue weighted by Crippen LogP contribution is 2.01. The van der Waals surface area contributed by atoms with Crippen molar-refractivity contribution in [3.63, 3.8) is 0 Å². The summed E-state index contributed by atoms with van der Waals surface area (Å²) in [4.78, 5) is 11.6. The molecule has 78 valence electrons. The second-order valence-corrected chi connectivity index (χ2v) is 3.73. The first kappa shape index (κ1) is 11.0. The Kier molecular flexibility index (Phi) is 3.89. The Labute approximate surface area is 84.8 Å². The van der Waals surface area contributed by atoms with Crippen molar-refractivity contribution < 1.29 is 0 Å². The molecule has 0 amide bonds. The average molecular weight is 194 g/mol.